The first-order valence-electron chi connectivity index (χ1n) is 5.19. The molecule has 1 aliphatic rings. The van der Waals surface area contributed by atoms with E-state index >= 15 is 0 Å². The van der Waals surface area contributed by atoms with E-state index in [-0.39, 0.29) is 12.7 Å². The number of hydrogen-bond donors (Lipinski definition) is 1. The van der Waals surface area contributed by atoms with Crippen LogP contribution in [0.15, 0.2) is 0 Å². The molecule has 1 heterocycles. The maximum absolute atomic E-state index is 9.21. The molecule has 3 nitrogen and oxygen atoms in total. The van der Waals surface area contributed by atoms with Gasteiger partial charge >= 0.3 is 0 Å². The Kier molecular flexibility index (Phi) is 4.16. The van der Waals surface area contributed by atoms with Crippen LogP contribution in [0.5, 0.6) is 0 Å². The highest BCUT2D eigenvalue weighted by molar-refractivity contribution is 4.77. The van der Waals surface area contributed by atoms with Crippen molar-refractivity contribution >= 4 is 0 Å². The molecule has 0 spiro atoms. The van der Waals surface area contributed by atoms with E-state index in [1.807, 2.05) is 0 Å². The molecule has 13 heavy (non-hydrogen) atoms. The smallest absolute Gasteiger partial charge is 0.192 e. The van der Waals surface area contributed by atoms with Crippen molar-refractivity contribution in [2.24, 2.45) is 0 Å². The Labute approximate surface area is 80.0 Å². The van der Waals surface area contributed by atoms with E-state index < -0.39 is 5.79 Å². The van der Waals surface area contributed by atoms with Crippen LogP contribution in [0.25, 0.3) is 0 Å². The van der Waals surface area contributed by atoms with Crippen LogP contribution < -0.4 is 0 Å². The molecule has 0 aromatic rings. The molecule has 1 aliphatic heterocycles. The highest BCUT2D eigenvalue weighted by Crippen LogP contribution is 2.29. The van der Waals surface area contributed by atoms with Crippen LogP contribution in [0.4, 0.5) is 0 Å². The third-order valence-electron chi connectivity index (χ3n) is 2.52. The average molecular weight is 188 g/mol. The summed E-state index contributed by atoms with van der Waals surface area (Å²) in [5.41, 5.74) is 0. The van der Waals surface area contributed by atoms with Gasteiger partial charge in [-0.05, 0) is 12.8 Å². The van der Waals surface area contributed by atoms with E-state index in [1.165, 1.54) is 0 Å². The first kappa shape index (κ1) is 11.0. The topological polar surface area (TPSA) is 38.7 Å². The normalized spacial score (nSPS) is 33.9. The second-order valence-corrected chi connectivity index (χ2v) is 3.63. The quantitative estimate of drug-likeness (QED) is 0.713. The van der Waals surface area contributed by atoms with Gasteiger partial charge in [0.1, 0.15) is 0 Å². The van der Waals surface area contributed by atoms with E-state index in [9.17, 15) is 5.11 Å². The summed E-state index contributed by atoms with van der Waals surface area (Å²) in [5, 5.41) is 9.21. The third kappa shape index (κ3) is 2.66. The monoisotopic (exact) mass is 188 g/mol. The molecule has 0 bridgehead atoms. The molecule has 0 aromatic carbocycles. The van der Waals surface area contributed by atoms with Crippen molar-refractivity contribution in [2.75, 3.05) is 13.2 Å². The second kappa shape index (κ2) is 4.94. The summed E-state index contributed by atoms with van der Waals surface area (Å²) in [5.74, 6) is -0.684. The number of rotatable bonds is 5. The summed E-state index contributed by atoms with van der Waals surface area (Å²) in [7, 11) is 0. The SMILES string of the molecule is CCCCC1(CO)OCC(CC)O1. The van der Waals surface area contributed by atoms with Gasteiger partial charge in [0.2, 0.25) is 0 Å². The Balaban J connectivity index is 2.42. The van der Waals surface area contributed by atoms with Gasteiger partial charge in [0.05, 0.1) is 19.3 Å². The molecule has 0 saturated carbocycles. The molecular weight excluding hydrogens is 168 g/mol. The van der Waals surface area contributed by atoms with Crippen LogP contribution in [0, 0.1) is 0 Å². The fourth-order valence-corrected chi connectivity index (χ4v) is 1.56. The van der Waals surface area contributed by atoms with Gasteiger partial charge in [-0.25, -0.2) is 0 Å². The number of unbranched alkanes of at least 4 members (excludes halogenated alkanes) is 1. The second-order valence-electron chi connectivity index (χ2n) is 3.63. The molecule has 1 fully saturated rings. The highest BCUT2D eigenvalue weighted by atomic mass is 16.8. The largest absolute Gasteiger partial charge is 0.391 e. The third-order valence-corrected chi connectivity index (χ3v) is 2.52. The molecule has 2 atom stereocenters. The van der Waals surface area contributed by atoms with Gasteiger partial charge in [0.15, 0.2) is 5.79 Å². The molecule has 0 aliphatic carbocycles. The number of aliphatic hydroxyl groups is 1. The molecule has 1 N–H and O–H groups in total. The van der Waals surface area contributed by atoms with Crippen LogP contribution in [0.2, 0.25) is 0 Å². The molecule has 1 saturated heterocycles. The summed E-state index contributed by atoms with van der Waals surface area (Å²) in [6.45, 7) is 4.79. The van der Waals surface area contributed by atoms with Gasteiger partial charge in [0.25, 0.3) is 0 Å². The van der Waals surface area contributed by atoms with Crippen LogP contribution in [0.1, 0.15) is 39.5 Å². The number of hydrogen-bond acceptors (Lipinski definition) is 3. The van der Waals surface area contributed by atoms with E-state index in [1.54, 1.807) is 0 Å². The highest BCUT2D eigenvalue weighted by Gasteiger charge is 2.39. The molecule has 0 aromatic heterocycles. The first-order valence-corrected chi connectivity index (χ1v) is 5.19. The Hall–Kier alpha value is -0.120. The summed E-state index contributed by atoms with van der Waals surface area (Å²) >= 11 is 0. The average Bonchev–Trinajstić information content (AvgIpc) is 2.59. The first-order chi connectivity index (χ1) is 6.26. The zero-order chi connectivity index (χ0) is 9.73. The van der Waals surface area contributed by atoms with E-state index in [2.05, 4.69) is 13.8 Å². The minimum absolute atomic E-state index is 0.0243. The van der Waals surface area contributed by atoms with Gasteiger partial charge in [0, 0.05) is 6.42 Å². The lowest BCUT2D eigenvalue weighted by Crippen LogP contribution is -2.35. The van der Waals surface area contributed by atoms with Gasteiger partial charge in [-0.3, -0.25) is 0 Å². The minimum atomic E-state index is -0.684. The molecule has 0 radical (unpaired) electrons. The van der Waals surface area contributed by atoms with Crippen molar-refractivity contribution in [1.82, 2.24) is 0 Å². The van der Waals surface area contributed by atoms with Crippen molar-refractivity contribution in [3.05, 3.63) is 0 Å². The number of ether oxygens (including phenoxy) is 2. The van der Waals surface area contributed by atoms with Gasteiger partial charge in [-0.2, -0.15) is 0 Å². The number of aliphatic hydroxyl groups excluding tert-OH is 1. The summed E-state index contributed by atoms with van der Waals surface area (Å²) < 4.78 is 11.2. The van der Waals surface area contributed by atoms with E-state index in [4.69, 9.17) is 9.47 Å². The van der Waals surface area contributed by atoms with Gasteiger partial charge in [-0.15, -0.1) is 0 Å². The zero-order valence-corrected chi connectivity index (χ0v) is 8.58. The fraction of sp³-hybridized carbons (Fsp3) is 1.00. The van der Waals surface area contributed by atoms with Crippen LogP contribution in [-0.2, 0) is 9.47 Å². The lowest BCUT2D eigenvalue weighted by Gasteiger charge is -2.25. The van der Waals surface area contributed by atoms with Crippen molar-refractivity contribution in [2.45, 2.75) is 51.4 Å². The molecule has 0 amide bonds. The maximum atomic E-state index is 9.21. The van der Waals surface area contributed by atoms with Crippen molar-refractivity contribution in [1.29, 1.82) is 0 Å². The molecular formula is C10H20O3. The maximum Gasteiger partial charge on any atom is 0.192 e. The summed E-state index contributed by atoms with van der Waals surface area (Å²) in [4.78, 5) is 0. The predicted molar refractivity (Wildman–Crippen MR) is 50.5 cm³/mol. The van der Waals surface area contributed by atoms with Crippen molar-refractivity contribution in [3.8, 4) is 0 Å². The zero-order valence-electron chi connectivity index (χ0n) is 8.58. The fourth-order valence-electron chi connectivity index (χ4n) is 1.56. The Morgan fingerprint density at radius 2 is 2.23 bits per heavy atom. The van der Waals surface area contributed by atoms with Crippen molar-refractivity contribution in [3.63, 3.8) is 0 Å². The summed E-state index contributed by atoms with van der Waals surface area (Å²) in [6, 6.07) is 0. The molecule has 3 heteroatoms. The van der Waals surface area contributed by atoms with Crippen LogP contribution in [-0.4, -0.2) is 30.2 Å². The molecule has 2 unspecified atom stereocenters. The van der Waals surface area contributed by atoms with Crippen LogP contribution in [0.3, 0.4) is 0 Å². The standard InChI is InChI=1S/C10H20O3/c1-3-5-6-10(8-11)12-7-9(4-2)13-10/h9,11H,3-8H2,1-2H3. The van der Waals surface area contributed by atoms with E-state index in [0.717, 1.165) is 25.7 Å². The minimum Gasteiger partial charge on any atom is -0.391 e. The summed E-state index contributed by atoms with van der Waals surface area (Å²) in [6.07, 6.45) is 4.07. The van der Waals surface area contributed by atoms with Gasteiger partial charge in [-0.1, -0.05) is 20.3 Å². The Morgan fingerprint density at radius 1 is 1.46 bits per heavy atom. The van der Waals surface area contributed by atoms with Crippen molar-refractivity contribution < 1.29 is 14.6 Å². The lowest BCUT2D eigenvalue weighted by atomic mass is 10.1. The van der Waals surface area contributed by atoms with Crippen LogP contribution >= 0.6 is 0 Å². The lowest BCUT2D eigenvalue weighted by molar-refractivity contribution is -0.197. The Bertz CT molecular complexity index is 149. The van der Waals surface area contributed by atoms with E-state index in [0.29, 0.717) is 6.61 Å². The Morgan fingerprint density at radius 3 is 2.69 bits per heavy atom. The van der Waals surface area contributed by atoms with Gasteiger partial charge < -0.3 is 14.6 Å². The molecule has 1 rings (SSSR count). The predicted octanol–water partition coefficient (Wildman–Crippen LogP) is 1.69. The molecule has 78 valence electrons.